The molecule has 1 atom stereocenters. The topological polar surface area (TPSA) is 83.2 Å². The lowest BCUT2D eigenvalue weighted by Crippen LogP contribution is -2.09. The molecule has 0 amide bonds. The second-order valence-electron chi connectivity index (χ2n) is 4.13. The summed E-state index contributed by atoms with van der Waals surface area (Å²) in [5.41, 5.74) is 6.43. The van der Waals surface area contributed by atoms with Gasteiger partial charge in [0, 0.05) is 5.92 Å². The van der Waals surface area contributed by atoms with Gasteiger partial charge in [0.1, 0.15) is 11.6 Å². The Morgan fingerprint density at radius 1 is 1.10 bits per heavy atom. The van der Waals surface area contributed by atoms with Crippen LogP contribution in [0.4, 0.5) is 10.1 Å². The molecule has 7 heteroatoms. The van der Waals surface area contributed by atoms with E-state index in [0.29, 0.717) is 11.4 Å². The zero-order valence-electron chi connectivity index (χ0n) is 11.4. The van der Waals surface area contributed by atoms with Crippen molar-refractivity contribution in [1.29, 1.82) is 0 Å². The quantitative estimate of drug-likeness (QED) is 0.858. The van der Waals surface area contributed by atoms with Gasteiger partial charge in [-0.3, -0.25) is 0 Å². The molecular weight excluding hydrogens is 263 g/mol. The van der Waals surface area contributed by atoms with Crippen molar-refractivity contribution in [3.05, 3.63) is 35.4 Å². The molecule has 2 rings (SSSR count). The van der Waals surface area contributed by atoms with Gasteiger partial charge in [-0.15, -0.1) is 4.98 Å². The number of benzene rings is 1. The molecule has 0 bridgehead atoms. The van der Waals surface area contributed by atoms with Crippen LogP contribution < -0.4 is 15.2 Å². The Morgan fingerprint density at radius 2 is 1.70 bits per heavy atom. The molecule has 0 aliphatic carbocycles. The van der Waals surface area contributed by atoms with Crippen LogP contribution in [0, 0.1) is 5.82 Å². The normalized spacial score (nSPS) is 12.0. The van der Waals surface area contributed by atoms with Crippen LogP contribution >= 0.6 is 0 Å². The predicted octanol–water partition coefficient (Wildman–Crippen LogP) is 1.76. The fourth-order valence-corrected chi connectivity index (χ4v) is 1.80. The largest absolute Gasteiger partial charge is 0.467 e. The smallest absolute Gasteiger partial charge is 0.322 e. The molecule has 0 aliphatic rings. The van der Waals surface area contributed by atoms with E-state index in [1.165, 1.54) is 20.3 Å². The van der Waals surface area contributed by atoms with Crippen LogP contribution in [0.5, 0.6) is 12.0 Å². The summed E-state index contributed by atoms with van der Waals surface area (Å²) >= 11 is 0. The Balaban J connectivity index is 2.47. The molecule has 2 aromatic rings. The number of aromatic nitrogens is 3. The molecule has 6 nitrogen and oxygen atoms in total. The van der Waals surface area contributed by atoms with Crippen molar-refractivity contribution in [3.63, 3.8) is 0 Å². The minimum atomic E-state index is -0.470. The summed E-state index contributed by atoms with van der Waals surface area (Å²) in [4.78, 5) is 12.2. The number of halogens is 1. The number of ether oxygens (including phenoxy) is 2. The first-order valence-electron chi connectivity index (χ1n) is 5.94. The van der Waals surface area contributed by atoms with E-state index in [2.05, 4.69) is 15.0 Å². The van der Waals surface area contributed by atoms with Crippen molar-refractivity contribution in [2.45, 2.75) is 12.8 Å². The first-order chi connectivity index (χ1) is 9.56. The van der Waals surface area contributed by atoms with Gasteiger partial charge in [0.15, 0.2) is 0 Å². The fraction of sp³-hybridized carbons (Fsp3) is 0.308. The number of hydrogen-bond donors (Lipinski definition) is 1. The monoisotopic (exact) mass is 278 g/mol. The Hall–Kier alpha value is -2.44. The molecule has 1 aromatic heterocycles. The SMILES string of the molecule is COc1nc(OC)nc(C(C)c2cccc(F)c2N)n1. The van der Waals surface area contributed by atoms with E-state index < -0.39 is 5.82 Å². The zero-order valence-corrected chi connectivity index (χ0v) is 11.4. The average molecular weight is 278 g/mol. The third-order valence-electron chi connectivity index (χ3n) is 2.92. The predicted molar refractivity (Wildman–Crippen MR) is 71.3 cm³/mol. The van der Waals surface area contributed by atoms with E-state index in [4.69, 9.17) is 15.2 Å². The summed E-state index contributed by atoms with van der Waals surface area (Å²) in [6.45, 7) is 1.82. The number of rotatable bonds is 4. The van der Waals surface area contributed by atoms with Crippen molar-refractivity contribution < 1.29 is 13.9 Å². The maximum atomic E-state index is 13.5. The lowest BCUT2D eigenvalue weighted by molar-refractivity contribution is 0.335. The highest BCUT2D eigenvalue weighted by atomic mass is 19.1. The first-order valence-corrected chi connectivity index (χ1v) is 5.94. The molecule has 0 saturated carbocycles. The summed E-state index contributed by atoms with van der Waals surface area (Å²) in [6, 6.07) is 4.89. The van der Waals surface area contributed by atoms with E-state index in [-0.39, 0.29) is 23.6 Å². The van der Waals surface area contributed by atoms with Crippen molar-refractivity contribution >= 4 is 5.69 Å². The van der Waals surface area contributed by atoms with Gasteiger partial charge in [0.05, 0.1) is 19.9 Å². The maximum absolute atomic E-state index is 13.5. The van der Waals surface area contributed by atoms with E-state index in [9.17, 15) is 4.39 Å². The van der Waals surface area contributed by atoms with Crippen molar-refractivity contribution in [1.82, 2.24) is 15.0 Å². The second kappa shape index (κ2) is 5.68. The van der Waals surface area contributed by atoms with E-state index in [1.54, 1.807) is 12.1 Å². The van der Waals surface area contributed by atoms with Crippen molar-refractivity contribution in [2.75, 3.05) is 20.0 Å². The molecule has 2 N–H and O–H groups in total. The van der Waals surface area contributed by atoms with Crippen molar-refractivity contribution in [3.8, 4) is 12.0 Å². The summed E-state index contributed by atoms with van der Waals surface area (Å²) in [6.07, 6.45) is 0. The number of hydrogen-bond acceptors (Lipinski definition) is 6. The van der Waals surface area contributed by atoms with Gasteiger partial charge >= 0.3 is 12.0 Å². The van der Waals surface area contributed by atoms with Crippen molar-refractivity contribution in [2.24, 2.45) is 0 Å². The minimum Gasteiger partial charge on any atom is -0.467 e. The fourth-order valence-electron chi connectivity index (χ4n) is 1.80. The van der Waals surface area contributed by atoms with Gasteiger partial charge in [-0.2, -0.15) is 9.97 Å². The molecule has 0 spiro atoms. The average Bonchev–Trinajstić information content (AvgIpc) is 2.48. The second-order valence-corrected chi connectivity index (χ2v) is 4.13. The standard InChI is InChI=1S/C13H15FN4O2/c1-7(8-5-4-6-9(14)10(8)15)11-16-12(19-2)18-13(17-11)20-3/h4-7H,15H2,1-3H3. The highest BCUT2D eigenvalue weighted by Crippen LogP contribution is 2.29. The molecule has 106 valence electrons. The molecule has 1 aromatic carbocycles. The van der Waals surface area contributed by atoms with Gasteiger partial charge in [-0.1, -0.05) is 19.1 Å². The zero-order chi connectivity index (χ0) is 14.7. The Morgan fingerprint density at radius 3 is 2.25 bits per heavy atom. The number of methoxy groups -OCH3 is 2. The van der Waals surface area contributed by atoms with Crippen LogP contribution in [0.15, 0.2) is 18.2 Å². The third kappa shape index (κ3) is 2.61. The third-order valence-corrected chi connectivity index (χ3v) is 2.92. The van der Waals surface area contributed by atoms with Gasteiger partial charge in [0.2, 0.25) is 0 Å². The molecule has 0 saturated heterocycles. The van der Waals surface area contributed by atoms with Crippen LogP contribution in [0.2, 0.25) is 0 Å². The first kappa shape index (κ1) is 14.0. The number of anilines is 1. The summed E-state index contributed by atoms with van der Waals surface area (Å²) < 4.78 is 23.5. The van der Waals surface area contributed by atoms with Crippen LogP contribution in [0.3, 0.4) is 0 Å². The van der Waals surface area contributed by atoms with Gasteiger partial charge in [0.25, 0.3) is 0 Å². The van der Waals surface area contributed by atoms with Gasteiger partial charge < -0.3 is 15.2 Å². The molecule has 1 heterocycles. The minimum absolute atomic E-state index is 0.0818. The van der Waals surface area contributed by atoms with Crippen LogP contribution in [-0.2, 0) is 0 Å². The summed E-state index contributed by atoms with van der Waals surface area (Å²) in [5.74, 6) is -0.398. The van der Waals surface area contributed by atoms with E-state index in [0.717, 1.165) is 0 Å². The Labute approximate surface area is 115 Å². The van der Waals surface area contributed by atoms with Gasteiger partial charge in [-0.25, -0.2) is 4.39 Å². The lowest BCUT2D eigenvalue weighted by Gasteiger charge is -2.14. The maximum Gasteiger partial charge on any atom is 0.322 e. The number of para-hydroxylation sites is 1. The Kier molecular flexibility index (Phi) is 3.97. The Bertz CT molecular complexity index is 599. The molecular formula is C13H15FN4O2. The summed E-state index contributed by atoms with van der Waals surface area (Å²) in [5, 5.41) is 0. The lowest BCUT2D eigenvalue weighted by atomic mass is 9.98. The van der Waals surface area contributed by atoms with Gasteiger partial charge in [-0.05, 0) is 11.6 Å². The highest BCUT2D eigenvalue weighted by molar-refractivity contribution is 5.51. The molecule has 0 fully saturated rings. The van der Waals surface area contributed by atoms with E-state index >= 15 is 0 Å². The summed E-state index contributed by atoms with van der Waals surface area (Å²) in [7, 11) is 2.89. The highest BCUT2D eigenvalue weighted by Gasteiger charge is 2.19. The number of nitrogens with zero attached hydrogens (tertiary/aromatic N) is 3. The molecule has 0 aliphatic heterocycles. The van der Waals surface area contributed by atoms with E-state index in [1.807, 2.05) is 6.92 Å². The van der Waals surface area contributed by atoms with Crippen LogP contribution in [0.25, 0.3) is 0 Å². The number of nitrogen functional groups attached to an aromatic ring is 1. The van der Waals surface area contributed by atoms with Crippen LogP contribution in [-0.4, -0.2) is 29.2 Å². The van der Waals surface area contributed by atoms with Crippen LogP contribution in [0.1, 0.15) is 24.2 Å². The number of nitrogens with two attached hydrogens (primary N) is 1. The molecule has 20 heavy (non-hydrogen) atoms. The molecule has 0 radical (unpaired) electrons. The molecule has 1 unspecified atom stereocenters.